The van der Waals surface area contributed by atoms with Crippen LogP contribution < -0.4 is 0 Å². The molecule has 0 spiro atoms. The molecule has 0 fully saturated rings. The van der Waals surface area contributed by atoms with Crippen molar-refractivity contribution in [2.75, 3.05) is 0 Å². The molecule has 0 saturated carbocycles. The molecule has 0 amide bonds. The Kier molecular flexibility index (Phi) is 2.91. The third kappa shape index (κ3) is 2.43. The van der Waals surface area contributed by atoms with E-state index in [1.165, 1.54) is 0 Å². The summed E-state index contributed by atoms with van der Waals surface area (Å²) in [6.45, 7) is 1.87. The molecule has 3 heteroatoms. The normalized spacial score (nSPS) is 12.6. The lowest BCUT2D eigenvalue weighted by Crippen LogP contribution is -2.01. The molecule has 0 N–H and O–H groups in total. The third-order valence-corrected chi connectivity index (χ3v) is 2.67. The third-order valence-electron chi connectivity index (χ3n) is 2.67. The summed E-state index contributed by atoms with van der Waals surface area (Å²) >= 11 is 0. The van der Waals surface area contributed by atoms with Gasteiger partial charge in [0.05, 0.1) is 5.57 Å². The average Bonchev–Trinajstić information content (AvgIpc) is 2.48. The van der Waals surface area contributed by atoms with Gasteiger partial charge in [-0.25, -0.2) is 15.0 Å². The molecule has 19 heavy (non-hydrogen) atoms. The van der Waals surface area contributed by atoms with Gasteiger partial charge in [0.1, 0.15) is 5.82 Å². The topological polar surface area (TPSA) is 38.7 Å². The fraction of sp³-hybridized carbons (Fsp3) is 0.0625. The number of hydrogen-bond donors (Lipinski definition) is 0. The molecule has 0 aliphatic heterocycles. The maximum atomic E-state index is 4.50. The molecule has 1 aromatic carbocycles. The lowest BCUT2D eigenvalue weighted by molar-refractivity contribution is 0.963. The first-order valence-corrected chi connectivity index (χ1v) is 6.00. The molecular weight excluding hydrogens is 234 g/mol. The zero-order valence-corrected chi connectivity index (χ0v) is 10.5. The minimum atomic E-state index is 0.628. The Morgan fingerprint density at radius 3 is 2.47 bits per heavy atom. The number of aryl methyl sites for hydroxylation is 1. The molecule has 0 bridgehead atoms. The van der Waals surface area contributed by atoms with Gasteiger partial charge in [-0.3, -0.25) is 0 Å². The highest BCUT2D eigenvalue weighted by Gasteiger charge is 2.08. The molecule has 2 aromatic rings. The van der Waals surface area contributed by atoms with Gasteiger partial charge in [0.25, 0.3) is 0 Å². The van der Waals surface area contributed by atoms with Crippen molar-refractivity contribution in [2.24, 2.45) is 0 Å². The standard InChI is InChI=1S/C16H11N3/c1-12-17-15(13-8-4-2-5-9-13)19-16(18-12)14-10-6-3-7-11-14/h2-6,8-10H,1H3. The van der Waals surface area contributed by atoms with Gasteiger partial charge in [-0.15, -0.1) is 0 Å². The first-order valence-electron chi connectivity index (χ1n) is 6.00. The van der Waals surface area contributed by atoms with Crippen LogP contribution in [0.4, 0.5) is 0 Å². The largest absolute Gasteiger partial charge is 0.213 e. The van der Waals surface area contributed by atoms with Crippen molar-refractivity contribution in [3.05, 3.63) is 71.7 Å². The second kappa shape index (κ2) is 4.87. The van der Waals surface area contributed by atoms with Crippen LogP contribution in [0.15, 0.2) is 60.0 Å². The van der Waals surface area contributed by atoms with E-state index < -0.39 is 0 Å². The first kappa shape index (κ1) is 11.4. The Bertz CT molecular complexity index is 745. The van der Waals surface area contributed by atoms with E-state index in [9.17, 15) is 0 Å². The Morgan fingerprint density at radius 1 is 0.947 bits per heavy atom. The van der Waals surface area contributed by atoms with E-state index in [1.54, 1.807) is 6.08 Å². The average molecular weight is 245 g/mol. The Labute approximate surface area is 111 Å². The predicted molar refractivity (Wildman–Crippen MR) is 74.1 cm³/mol. The van der Waals surface area contributed by atoms with E-state index in [0.717, 1.165) is 11.1 Å². The Morgan fingerprint density at radius 2 is 1.74 bits per heavy atom. The molecule has 1 aliphatic carbocycles. The number of nitrogens with zero attached hydrogens (tertiary/aromatic N) is 3. The van der Waals surface area contributed by atoms with Gasteiger partial charge in [-0.05, 0) is 19.1 Å². The first-order chi connectivity index (χ1) is 9.33. The molecular formula is C16H11N3. The van der Waals surface area contributed by atoms with Crippen molar-refractivity contribution in [3.63, 3.8) is 0 Å². The zero-order valence-electron chi connectivity index (χ0n) is 10.5. The molecule has 90 valence electrons. The van der Waals surface area contributed by atoms with Crippen molar-refractivity contribution in [2.45, 2.75) is 6.92 Å². The van der Waals surface area contributed by atoms with E-state index in [-0.39, 0.29) is 0 Å². The van der Waals surface area contributed by atoms with Crippen LogP contribution in [0, 0.1) is 6.92 Å². The fourth-order valence-electron chi connectivity index (χ4n) is 1.80. The number of benzene rings is 1. The lowest BCUT2D eigenvalue weighted by Gasteiger charge is -2.05. The molecule has 0 unspecified atom stereocenters. The zero-order chi connectivity index (χ0) is 13.1. The smallest absolute Gasteiger partial charge is 0.172 e. The van der Waals surface area contributed by atoms with Gasteiger partial charge in [0, 0.05) is 5.56 Å². The van der Waals surface area contributed by atoms with Crippen LogP contribution >= 0.6 is 0 Å². The van der Waals surface area contributed by atoms with Gasteiger partial charge in [-0.2, -0.15) is 0 Å². The molecule has 0 atom stereocenters. The van der Waals surface area contributed by atoms with Crippen molar-refractivity contribution in [1.29, 1.82) is 0 Å². The summed E-state index contributed by atoms with van der Waals surface area (Å²) in [5.74, 6) is 2.00. The molecule has 0 radical (unpaired) electrons. The van der Waals surface area contributed by atoms with Crippen LogP contribution in [0.5, 0.6) is 0 Å². The van der Waals surface area contributed by atoms with Crippen LogP contribution in [0.25, 0.3) is 17.0 Å². The van der Waals surface area contributed by atoms with Crippen molar-refractivity contribution >= 4 is 5.57 Å². The van der Waals surface area contributed by atoms with E-state index >= 15 is 0 Å². The summed E-state index contributed by atoms with van der Waals surface area (Å²) < 4.78 is 0. The van der Waals surface area contributed by atoms with E-state index in [0.29, 0.717) is 17.5 Å². The van der Waals surface area contributed by atoms with Gasteiger partial charge in [0.15, 0.2) is 11.6 Å². The van der Waals surface area contributed by atoms with Crippen LogP contribution in [0.3, 0.4) is 0 Å². The predicted octanol–water partition coefficient (Wildman–Crippen LogP) is 3.11. The maximum absolute atomic E-state index is 4.50. The second-order valence-corrected chi connectivity index (χ2v) is 4.10. The Hall–Kier alpha value is -2.73. The number of allylic oxidation sites excluding steroid dienone is 4. The summed E-state index contributed by atoms with van der Waals surface area (Å²) in [7, 11) is 0. The number of aromatic nitrogens is 3. The van der Waals surface area contributed by atoms with Crippen molar-refractivity contribution in [3.8, 4) is 11.4 Å². The summed E-state index contributed by atoms with van der Waals surface area (Å²) in [6, 6.07) is 9.88. The van der Waals surface area contributed by atoms with Gasteiger partial charge < -0.3 is 0 Å². The molecule has 1 heterocycles. The summed E-state index contributed by atoms with van der Waals surface area (Å²) in [6.07, 6.45) is 5.61. The van der Waals surface area contributed by atoms with Crippen LogP contribution in [-0.4, -0.2) is 15.0 Å². The quantitative estimate of drug-likeness (QED) is 0.763. The molecule has 0 saturated heterocycles. The minimum Gasteiger partial charge on any atom is -0.213 e. The highest BCUT2D eigenvalue weighted by molar-refractivity contribution is 5.71. The van der Waals surface area contributed by atoms with E-state index in [4.69, 9.17) is 0 Å². The summed E-state index contributed by atoms with van der Waals surface area (Å²) in [4.78, 5) is 13.2. The monoisotopic (exact) mass is 245 g/mol. The lowest BCUT2D eigenvalue weighted by atomic mass is 10.2. The maximum Gasteiger partial charge on any atom is 0.172 e. The highest BCUT2D eigenvalue weighted by atomic mass is 15.0. The second-order valence-electron chi connectivity index (χ2n) is 4.10. The molecule has 3 nitrogen and oxygen atoms in total. The molecule has 1 aromatic heterocycles. The van der Waals surface area contributed by atoms with Crippen molar-refractivity contribution in [1.82, 2.24) is 15.0 Å². The number of hydrogen-bond acceptors (Lipinski definition) is 3. The minimum absolute atomic E-state index is 0.628. The fourth-order valence-corrected chi connectivity index (χ4v) is 1.80. The van der Waals surface area contributed by atoms with Crippen molar-refractivity contribution < 1.29 is 0 Å². The van der Waals surface area contributed by atoms with Gasteiger partial charge in [-0.1, -0.05) is 47.9 Å². The van der Waals surface area contributed by atoms with Crippen LogP contribution in [-0.2, 0) is 0 Å². The van der Waals surface area contributed by atoms with Crippen LogP contribution in [0.1, 0.15) is 11.6 Å². The van der Waals surface area contributed by atoms with E-state index in [1.807, 2.05) is 49.4 Å². The highest BCUT2D eigenvalue weighted by Crippen LogP contribution is 2.18. The van der Waals surface area contributed by atoms with Gasteiger partial charge in [0.2, 0.25) is 0 Å². The SMILES string of the molecule is Cc1nc(C2=C=C=CC=C2)nc(-c2ccccc2)n1. The Balaban J connectivity index is 2.14. The molecule has 3 rings (SSSR count). The molecule has 1 aliphatic rings. The van der Waals surface area contributed by atoms with Gasteiger partial charge >= 0.3 is 0 Å². The summed E-state index contributed by atoms with van der Waals surface area (Å²) in [5, 5.41) is 0. The van der Waals surface area contributed by atoms with Crippen LogP contribution in [0.2, 0.25) is 0 Å². The van der Waals surface area contributed by atoms with E-state index in [2.05, 4.69) is 26.4 Å². The summed E-state index contributed by atoms with van der Waals surface area (Å²) in [5.41, 5.74) is 7.73. The number of rotatable bonds is 2.